The Balaban J connectivity index is 2.61. The molecule has 0 unspecified atom stereocenters. The molecule has 3 N–H and O–H groups in total. The molecule has 0 aliphatic carbocycles. The van der Waals surface area contributed by atoms with E-state index >= 15 is 0 Å². The van der Waals surface area contributed by atoms with E-state index in [0.29, 0.717) is 6.42 Å². The Hall–Kier alpha value is -1.95. The third-order valence-electron chi connectivity index (χ3n) is 2.08. The number of nitrogens with zero attached hydrogens (tertiary/aromatic N) is 1. The van der Waals surface area contributed by atoms with Crippen molar-refractivity contribution in [3.05, 3.63) is 45.5 Å². The molecule has 16 heavy (non-hydrogen) atoms. The van der Waals surface area contributed by atoms with Crippen molar-refractivity contribution in [3.63, 3.8) is 0 Å². The lowest BCUT2D eigenvalue weighted by Gasteiger charge is -2.06. The summed E-state index contributed by atoms with van der Waals surface area (Å²) in [5.41, 5.74) is 6.52. The van der Waals surface area contributed by atoms with Gasteiger partial charge in [-0.3, -0.25) is 10.1 Å². The molecule has 0 fully saturated rings. The lowest BCUT2D eigenvalue weighted by Crippen LogP contribution is -2.31. The standard InChI is InChI=1S/C10H12N2O4/c11-9(6-12(15)16)5-7-1-3-8(4-2-7)10(13)14/h1-4,9H,5-6,11H2,(H,13,14)/t9-/m0/s1. The molecular weight excluding hydrogens is 212 g/mol. The van der Waals surface area contributed by atoms with E-state index in [0.717, 1.165) is 5.56 Å². The van der Waals surface area contributed by atoms with Gasteiger partial charge in [-0.05, 0) is 24.1 Å². The van der Waals surface area contributed by atoms with Crippen molar-refractivity contribution in [2.24, 2.45) is 5.73 Å². The average molecular weight is 224 g/mol. The first-order valence-corrected chi connectivity index (χ1v) is 4.68. The van der Waals surface area contributed by atoms with Crippen LogP contribution in [0.15, 0.2) is 24.3 Å². The lowest BCUT2D eigenvalue weighted by atomic mass is 10.0. The molecule has 0 amide bonds. The minimum Gasteiger partial charge on any atom is -0.478 e. The molecule has 0 aromatic heterocycles. The maximum atomic E-state index is 10.6. The Morgan fingerprint density at radius 2 is 2.00 bits per heavy atom. The van der Waals surface area contributed by atoms with E-state index in [-0.39, 0.29) is 12.1 Å². The van der Waals surface area contributed by atoms with Gasteiger partial charge in [0.25, 0.3) is 0 Å². The first kappa shape index (κ1) is 12.1. The van der Waals surface area contributed by atoms with Gasteiger partial charge in [-0.15, -0.1) is 0 Å². The zero-order valence-electron chi connectivity index (χ0n) is 8.50. The van der Waals surface area contributed by atoms with Crippen LogP contribution in [0, 0.1) is 10.1 Å². The molecule has 0 spiro atoms. The van der Waals surface area contributed by atoms with Gasteiger partial charge in [-0.2, -0.15) is 0 Å². The molecule has 1 rings (SSSR count). The molecule has 6 heteroatoms. The van der Waals surface area contributed by atoms with Gasteiger partial charge in [0.2, 0.25) is 6.54 Å². The molecule has 86 valence electrons. The van der Waals surface area contributed by atoms with Crippen molar-refractivity contribution in [2.75, 3.05) is 6.54 Å². The number of nitro groups is 1. The summed E-state index contributed by atoms with van der Waals surface area (Å²) in [5.74, 6) is -0.999. The van der Waals surface area contributed by atoms with Crippen molar-refractivity contribution in [1.82, 2.24) is 0 Å². The van der Waals surface area contributed by atoms with Crippen LogP contribution in [0.1, 0.15) is 15.9 Å². The molecule has 0 saturated carbocycles. The summed E-state index contributed by atoms with van der Waals surface area (Å²) >= 11 is 0. The first-order valence-electron chi connectivity index (χ1n) is 4.68. The van der Waals surface area contributed by atoms with E-state index < -0.39 is 16.9 Å². The van der Waals surface area contributed by atoms with Gasteiger partial charge in [-0.1, -0.05) is 12.1 Å². The van der Waals surface area contributed by atoms with Gasteiger partial charge >= 0.3 is 5.97 Å². The van der Waals surface area contributed by atoms with Crippen LogP contribution in [-0.2, 0) is 6.42 Å². The summed E-state index contributed by atoms with van der Waals surface area (Å²) < 4.78 is 0. The number of hydrogen-bond donors (Lipinski definition) is 2. The summed E-state index contributed by atoms with van der Waals surface area (Å²) in [5, 5.41) is 18.9. The second-order valence-electron chi connectivity index (χ2n) is 3.48. The van der Waals surface area contributed by atoms with Crippen LogP contribution in [0.4, 0.5) is 0 Å². The normalized spacial score (nSPS) is 12.1. The Morgan fingerprint density at radius 1 is 1.44 bits per heavy atom. The van der Waals surface area contributed by atoms with Crippen LogP contribution in [0.25, 0.3) is 0 Å². The average Bonchev–Trinajstić information content (AvgIpc) is 2.16. The molecule has 1 aromatic carbocycles. The van der Waals surface area contributed by atoms with Crippen LogP contribution >= 0.6 is 0 Å². The Bertz CT molecular complexity index is 388. The second-order valence-corrected chi connectivity index (χ2v) is 3.48. The molecule has 0 aliphatic rings. The van der Waals surface area contributed by atoms with Crippen LogP contribution in [0.2, 0.25) is 0 Å². The summed E-state index contributed by atoms with van der Waals surface area (Å²) in [6.07, 6.45) is 0.362. The summed E-state index contributed by atoms with van der Waals surface area (Å²) in [6, 6.07) is 5.59. The minimum atomic E-state index is -0.999. The van der Waals surface area contributed by atoms with E-state index in [1.807, 2.05) is 0 Å². The van der Waals surface area contributed by atoms with Crippen LogP contribution in [-0.4, -0.2) is 28.6 Å². The van der Waals surface area contributed by atoms with Crippen molar-refractivity contribution < 1.29 is 14.8 Å². The third-order valence-corrected chi connectivity index (χ3v) is 2.08. The van der Waals surface area contributed by atoms with Crippen LogP contribution < -0.4 is 5.73 Å². The summed E-state index contributed by atoms with van der Waals surface area (Å²) in [7, 11) is 0. The number of aromatic carboxylic acids is 1. The van der Waals surface area contributed by atoms with Gasteiger partial charge in [0.15, 0.2) is 0 Å². The number of rotatable bonds is 5. The quantitative estimate of drug-likeness (QED) is 0.560. The predicted octanol–water partition coefficient (Wildman–Crippen LogP) is 0.531. The highest BCUT2D eigenvalue weighted by atomic mass is 16.6. The van der Waals surface area contributed by atoms with Crippen LogP contribution in [0.5, 0.6) is 0 Å². The number of benzene rings is 1. The summed E-state index contributed by atoms with van der Waals surface area (Å²) in [4.78, 5) is 20.3. The third kappa shape index (κ3) is 3.66. The smallest absolute Gasteiger partial charge is 0.335 e. The first-order chi connectivity index (χ1) is 7.49. The molecule has 0 aliphatic heterocycles. The molecule has 1 atom stereocenters. The van der Waals surface area contributed by atoms with Gasteiger partial charge in [0.1, 0.15) is 0 Å². The predicted molar refractivity (Wildman–Crippen MR) is 56.9 cm³/mol. The highest BCUT2D eigenvalue weighted by molar-refractivity contribution is 5.87. The zero-order valence-corrected chi connectivity index (χ0v) is 8.50. The molecule has 0 bridgehead atoms. The molecule has 0 radical (unpaired) electrons. The van der Waals surface area contributed by atoms with Crippen molar-refractivity contribution in [3.8, 4) is 0 Å². The summed E-state index contributed by atoms with van der Waals surface area (Å²) in [6.45, 7) is -0.291. The minimum absolute atomic E-state index is 0.187. The van der Waals surface area contributed by atoms with Gasteiger partial charge in [0, 0.05) is 4.92 Å². The molecule has 1 aromatic rings. The highest BCUT2D eigenvalue weighted by Crippen LogP contribution is 2.06. The Kier molecular flexibility index (Phi) is 3.96. The lowest BCUT2D eigenvalue weighted by molar-refractivity contribution is -0.482. The SMILES string of the molecule is N[C@@H](Cc1ccc(C(=O)O)cc1)C[N+](=O)[O-]. The fraction of sp³-hybridized carbons (Fsp3) is 0.300. The number of carboxylic acid groups (broad SMARTS) is 1. The molecular formula is C10H12N2O4. The maximum absolute atomic E-state index is 10.6. The molecule has 0 heterocycles. The maximum Gasteiger partial charge on any atom is 0.335 e. The Labute approximate surface area is 91.8 Å². The van der Waals surface area contributed by atoms with E-state index in [1.165, 1.54) is 12.1 Å². The number of carbonyl (C=O) groups is 1. The van der Waals surface area contributed by atoms with Gasteiger partial charge < -0.3 is 10.8 Å². The van der Waals surface area contributed by atoms with Crippen molar-refractivity contribution in [1.29, 1.82) is 0 Å². The van der Waals surface area contributed by atoms with E-state index in [2.05, 4.69) is 0 Å². The van der Waals surface area contributed by atoms with E-state index in [9.17, 15) is 14.9 Å². The number of carboxylic acids is 1. The largest absolute Gasteiger partial charge is 0.478 e. The fourth-order valence-corrected chi connectivity index (χ4v) is 1.34. The number of hydrogen-bond acceptors (Lipinski definition) is 4. The zero-order chi connectivity index (χ0) is 12.1. The number of nitrogens with two attached hydrogens (primary N) is 1. The fourth-order valence-electron chi connectivity index (χ4n) is 1.34. The van der Waals surface area contributed by atoms with E-state index in [4.69, 9.17) is 10.8 Å². The van der Waals surface area contributed by atoms with Gasteiger partial charge in [-0.25, -0.2) is 4.79 Å². The topological polar surface area (TPSA) is 106 Å². The Morgan fingerprint density at radius 3 is 2.44 bits per heavy atom. The highest BCUT2D eigenvalue weighted by Gasteiger charge is 2.11. The second kappa shape index (κ2) is 5.22. The van der Waals surface area contributed by atoms with Crippen molar-refractivity contribution >= 4 is 5.97 Å². The van der Waals surface area contributed by atoms with Crippen molar-refractivity contribution in [2.45, 2.75) is 12.5 Å². The van der Waals surface area contributed by atoms with E-state index in [1.54, 1.807) is 12.1 Å². The van der Waals surface area contributed by atoms with Crippen LogP contribution in [0.3, 0.4) is 0 Å². The monoisotopic (exact) mass is 224 g/mol. The van der Waals surface area contributed by atoms with Gasteiger partial charge in [0.05, 0.1) is 11.6 Å². The molecule has 0 saturated heterocycles. The molecule has 6 nitrogen and oxygen atoms in total.